The predicted octanol–water partition coefficient (Wildman–Crippen LogP) is 1.51. The van der Waals surface area contributed by atoms with Crippen molar-refractivity contribution in [1.29, 1.82) is 0 Å². The zero-order valence-electron chi connectivity index (χ0n) is 14.0. The average molecular weight is 331 g/mol. The van der Waals surface area contributed by atoms with Gasteiger partial charge in [-0.3, -0.25) is 4.79 Å². The number of quaternary nitrogens is 1. The third kappa shape index (κ3) is 4.08. The van der Waals surface area contributed by atoms with Gasteiger partial charge in [-0.2, -0.15) is 0 Å². The first-order valence-electron chi connectivity index (χ1n) is 8.14. The molecule has 0 saturated carbocycles. The summed E-state index contributed by atoms with van der Waals surface area (Å²) in [6, 6.07) is 9.86. The molecule has 1 aromatic carbocycles. The Kier molecular flexibility index (Phi) is 5.05. The zero-order valence-corrected chi connectivity index (χ0v) is 14.0. The van der Waals surface area contributed by atoms with Crippen molar-refractivity contribution in [3.63, 3.8) is 0 Å². The first-order valence-corrected chi connectivity index (χ1v) is 8.14. The fraction of sp³-hybridized carbons (Fsp3) is 0.389. The summed E-state index contributed by atoms with van der Waals surface area (Å²) in [7, 11) is 0. The second-order valence-electron chi connectivity index (χ2n) is 6.20. The van der Waals surface area contributed by atoms with Crippen LogP contribution in [0.3, 0.4) is 0 Å². The molecule has 0 radical (unpaired) electrons. The minimum absolute atomic E-state index is 0.0813. The molecule has 128 valence electrons. The number of nitrogens with two attached hydrogens (primary N) is 1. The van der Waals surface area contributed by atoms with Gasteiger partial charge in [0.15, 0.2) is 18.0 Å². The van der Waals surface area contributed by atoms with Crippen LogP contribution in [0.1, 0.15) is 25.2 Å². The highest BCUT2D eigenvalue weighted by Crippen LogP contribution is 2.32. The zero-order chi connectivity index (χ0) is 16.9. The Morgan fingerprint density at radius 3 is 2.79 bits per heavy atom. The second kappa shape index (κ2) is 7.40. The quantitative estimate of drug-likeness (QED) is 0.835. The number of nitrogens with zero attached hydrogens (tertiary/aromatic N) is 1. The minimum atomic E-state index is 0.0813. The van der Waals surface area contributed by atoms with E-state index in [2.05, 4.69) is 13.8 Å². The van der Waals surface area contributed by atoms with Gasteiger partial charge in [0.05, 0.1) is 18.8 Å². The Balaban J connectivity index is 1.72. The number of benzene rings is 1. The van der Waals surface area contributed by atoms with E-state index in [4.69, 9.17) is 13.9 Å². The molecule has 0 unspecified atom stereocenters. The van der Waals surface area contributed by atoms with Gasteiger partial charge in [0.1, 0.15) is 5.76 Å². The van der Waals surface area contributed by atoms with Crippen molar-refractivity contribution in [2.75, 3.05) is 13.3 Å². The van der Waals surface area contributed by atoms with Crippen LogP contribution in [0, 0.1) is 0 Å². The number of hydrogen-bond donors (Lipinski definition) is 1. The molecule has 0 bridgehead atoms. The number of carbonyl (C=O) groups is 1. The normalized spacial score (nSPS) is 12.6. The smallest absolute Gasteiger partial charge is 0.278 e. The van der Waals surface area contributed by atoms with E-state index in [1.807, 2.05) is 35.6 Å². The van der Waals surface area contributed by atoms with Gasteiger partial charge in [0, 0.05) is 6.54 Å². The van der Waals surface area contributed by atoms with Gasteiger partial charge in [-0.05, 0) is 43.7 Å². The number of rotatable bonds is 7. The molecule has 0 spiro atoms. The lowest BCUT2D eigenvalue weighted by molar-refractivity contribution is -0.673. The van der Waals surface area contributed by atoms with Crippen LogP contribution in [0.2, 0.25) is 0 Å². The van der Waals surface area contributed by atoms with Crippen molar-refractivity contribution in [1.82, 2.24) is 4.90 Å². The van der Waals surface area contributed by atoms with Crippen molar-refractivity contribution < 1.29 is 24.0 Å². The third-order valence-corrected chi connectivity index (χ3v) is 3.85. The Bertz CT molecular complexity index is 682. The topological polar surface area (TPSA) is 68.5 Å². The monoisotopic (exact) mass is 331 g/mol. The Labute approximate surface area is 141 Å². The van der Waals surface area contributed by atoms with E-state index in [-0.39, 0.29) is 12.7 Å². The van der Waals surface area contributed by atoms with E-state index >= 15 is 0 Å². The lowest BCUT2D eigenvalue weighted by Gasteiger charge is -2.21. The molecule has 6 heteroatoms. The number of fused-ring (bicyclic) bond motifs is 1. The van der Waals surface area contributed by atoms with Crippen molar-refractivity contribution >= 4 is 5.91 Å². The molecule has 0 atom stereocenters. The molecule has 0 aliphatic carbocycles. The number of furan rings is 1. The van der Waals surface area contributed by atoms with Gasteiger partial charge < -0.3 is 24.1 Å². The largest absolute Gasteiger partial charge is 0.467 e. The first kappa shape index (κ1) is 16.4. The summed E-state index contributed by atoms with van der Waals surface area (Å²) in [6.07, 6.45) is 1.62. The SMILES string of the molecule is CC(C)[NH2+]CC(=O)N(Cc1ccc2c(c1)OCO2)Cc1ccco1. The molecular formula is C18H23N2O4+. The van der Waals surface area contributed by atoms with Crippen LogP contribution >= 0.6 is 0 Å². The molecule has 2 heterocycles. The highest BCUT2D eigenvalue weighted by Gasteiger charge is 2.20. The summed E-state index contributed by atoms with van der Waals surface area (Å²) in [4.78, 5) is 14.4. The molecule has 0 saturated heterocycles. The minimum Gasteiger partial charge on any atom is -0.467 e. The van der Waals surface area contributed by atoms with Gasteiger partial charge in [0.25, 0.3) is 5.91 Å². The molecule has 0 fully saturated rings. The number of amides is 1. The fourth-order valence-corrected chi connectivity index (χ4v) is 2.55. The van der Waals surface area contributed by atoms with Gasteiger partial charge in [-0.25, -0.2) is 0 Å². The van der Waals surface area contributed by atoms with E-state index in [1.54, 1.807) is 11.2 Å². The lowest BCUT2D eigenvalue weighted by Crippen LogP contribution is -2.90. The van der Waals surface area contributed by atoms with Crippen molar-refractivity contribution in [2.45, 2.75) is 33.0 Å². The Morgan fingerprint density at radius 2 is 2.04 bits per heavy atom. The maximum Gasteiger partial charge on any atom is 0.278 e. The van der Waals surface area contributed by atoms with Crippen LogP contribution in [0.4, 0.5) is 0 Å². The van der Waals surface area contributed by atoms with Gasteiger partial charge >= 0.3 is 0 Å². The number of hydrogen-bond acceptors (Lipinski definition) is 4. The van der Waals surface area contributed by atoms with Crippen LogP contribution in [0.25, 0.3) is 0 Å². The summed E-state index contributed by atoms with van der Waals surface area (Å²) < 4.78 is 16.2. The fourth-order valence-electron chi connectivity index (χ4n) is 2.55. The van der Waals surface area contributed by atoms with E-state index < -0.39 is 0 Å². The van der Waals surface area contributed by atoms with E-state index in [9.17, 15) is 4.79 Å². The van der Waals surface area contributed by atoms with Gasteiger partial charge in [0.2, 0.25) is 6.79 Å². The molecule has 2 N–H and O–H groups in total. The maximum atomic E-state index is 12.6. The Morgan fingerprint density at radius 1 is 1.21 bits per heavy atom. The molecule has 24 heavy (non-hydrogen) atoms. The van der Waals surface area contributed by atoms with Crippen LogP contribution < -0.4 is 14.8 Å². The van der Waals surface area contributed by atoms with E-state index in [0.29, 0.717) is 25.7 Å². The summed E-state index contributed by atoms with van der Waals surface area (Å²) in [6.45, 7) is 5.76. The molecule has 2 aromatic rings. The van der Waals surface area contributed by atoms with E-state index in [1.165, 1.54) is 0 Å². The summed E-state index contributed by atoms with van der Waals surface area (Å²) in [5.41, 5.74) is 1.00. The molecule has 6 nitrogen and oxygen atoms in total. The highest BCUT2D eigenvalue weighted by atomic mass is 16.7. The van der Waals surface area contributed by atoms with Crippen LogP contribution in [0.15, 0.2) is 41.0 Å². The predicted molar refractivity (Wildman–Crippen MR) is 87.5 cm³/mol. The highest BCUT2D eigenvalue weighted by molar-refractivity contribution is 5.77. The number of ether oxygens (including phenoxy) is 2. The van der Waals surface area contributed by atoms with E-state index in [0.717, 1.165) is 22.8 Å². The molecule has 1 amide bonds. The standard InChI is InChI=1S/C18H22N2O4/c1-13(2)19-9-18(21)20(11-15-4-3-7-22-15)10-14-5-6-16-17(8-14)24-12-23-16/h3-8,13,19H,9-12H2,1-2H3/p+1. The lowest BCUT2D eigenvalue weighted by atomic mass is 10.2. The summed E-state index contributed by atoms with van der Waals surface area (Å²) >= 11 is 0. The van der Waals surface area contributed by atoms with Crippen molar-refractivity contribution in [3.8, 4) is 11.5 Å². The van der Waals surface area contributed by atoms with Crippen molar-refractivity contribution in [3.05, 3.63) is 47.9 Å². The summed E-state index contributed by atoms with van der Waals surface area (Å²) in [5.74, 6) is 2.33. The molecule has 1 aliphatic rings. The summed E-state index contributed by atoms with van der Waals surface area (Å²) in [5, 5.41) is 2.02. The first-order chi connectivity index (χ1) is 11.6. The molecule has 1 aromatic heterocycles. The van der Waals surface area contributed by atoms with Gasteiger partial charge in [-0.15, -0.1) is 0 Å². The van der Waals surface area contributed by atoms with Crippen LogP contribution in [-0.4, -0.2) is 30.2 Å². The average Bonchev–Trinajstić information content (AvgIpc) is 3.22. The van der Waals surface area contributed by atoms with Crippen LogP contribution in [0.5, 0.6) is 11.5 Å². The molecule has 1 aliphatic heterocycles. The second-order valence-corrected chi connectivity index (χ2v) is 6.20. The third-order valence-electron chi connectivity index (χ3n) is 3.85. The Hall–Kier alpha value is -2.47. The number of carbonyl (C=O) groups excluding carboxylic acids is 1. The molecule has 3 rings (SSSR count). The van der Waals surface area contributed by atoms with Crippen LogP contribution in [-0.2, 0) is 17.9 Å². The molecular weight excluding hydrogens is 308 g/mol. The van der Waals surface area contributed by atoms with Crippen molar-refractivity contribution in [2.24, 2.45) is 0 Å². The maximum absolute atomic E-state index is 12.6. The van der Waals surface area contributed by atoms with Gasteiger partial charge in [-0.1, -0.05) is 6.07 Å².